The van der Waals surface area contributed by atoms with E-state index in [0.717, 1.165) is 22.3 Å². The lowest BCUT2D eigenvalue weighted by Gasteiger charge is -2.36. The van der Waals surface area contributed by atoms with Gasteiger partial charge in [-0.2, -0.15) is 0 Å². The van der Waals surface area contributed by atoms with Crippen molar-refractivity contribution >= 4 is 12.1 Å². The SMILES string of the molecule is O=C(O)CC1(NC(=O)OCC2c3ccccc3-c3ccccc32)CCCOC1. The molecule has 1 aliphatic heterocycles. The Morgan fingerprint density at radius 3 is 2.32 bits per heavy atom. The molecule has 0 bridgehead atoms. The van der Waals surface area contributed by atoms with Gasteiger partial charge in [0, 0.05) is 12.5 Å². The second-order valence-corrected chi connectivity index (χ2v) is 7.46. The highest BCUT2D eigenvalue weighted by molar-refractivity contribution is 5.79. The van der Waals surface area contributed by atoms with Gasteiger partial charge >= 0.3 is 12.1 Å². The van der Waals surface area contributed by atoms with Crippen LogP contribution in [0.25, 0.3) is 11.1 Å². The van der Waals surface area contributed by atoms with E-state index in [1.807, 2.05) is 24.3 Å². The van der Waals surface area contributed by atoms with Crippen LogP contribution in [-0.2, 0) is 14.3 Å². The van der Waals surface area contributed by atoms with Crippen molar-refractivity contribution in [2.45, 2.75) is 30.7 Å². The van der Waals surface area contributed by atoms with Gasteiger partial charge in [-0.25, -0.2) is 4.79 Å². The second-order valence-electron chi connectivity index (χ2n) is 7.46. The number of alkyl carbamates (subject to hydrolysis) is 1. The fraction of sp³-hybridized carbons (Fsp3) is 0.364. The van der Waals surface area contributed by atoms with Crippen LogP contribution in [0.2, 0.25) is 0 Å². The Morgan fingerprint density at radius 2 is 1.75 bits per heavy atom. The number of carbonyl (C=O) groups is 2. The zero-order chi connectivity index (χ0) is 19.6. The first-order chi connectivity index (χ1) is 13.6. The first kappa shape index (κ1) is 18.5. The number of hydrogen-bond acceptors (Lipinski definition) is 4. The Hall–Kier alpha value is -2.86. The minimum Gasteiger partial charge on any atom is -0.481 e. The number of nitrogens with one attached hydrogen (secondary N) is 1. The number of rotatable bonds is 5. The Bertz CT molecular complexity index is 843. The van der Waals surface area contributed by atoms with Crippen molar-refractivity contribution in [2.24, 2.45) is 0 Å². The van der Waals surface area contributed by atoms with E-state index < -0.39 is 17.6 Å². The molecule has 1 unspecified atom stereocenters. The summed E-state index contributed by atoms with van der Waals surface area (Å²) in [7, 11) is 0. The molecule has 1 saturated heterocycles. The van der Waals surface area contributed by atoms with Crippen LogP contribution in [-0.4, -0.2) is 42.5 Å². The highest BCUT2D eigenvalue weighted by Gasteiger charge is 2.38. The second kappa shape index (κ2) is 7.64. The van der Waals surface area contributed by atoms with Crippen molar-refractivity contribution < 1.29 is 24.2 Å². The van der Waals surface area contributed by atoms with E-state index in [1.54, 1.807) is 0 Å². The molecule has 1 fully saturated rings. The van der Waals surface area contributed by atoms with Crippen molar-refractivity contribution in [1.82, 2.24) is 5.32 Å². The molecule has 6 heteroatoms. The summed E-state index contributed by atoms with van der Waals surface area (Å²) in [5.41, 5.74) is 3.69. The zero-order valence-electron chi connectivity index (χ0n) is 15.5. The lowest BCUT2D eigenvalue weighted by atomic mass is 9.89. The molecular formula is C22H23NO5. The quantitative estimate of drug-likeness (QED) is 0.827. The summed E-state index contributed by atoms with van der Waals surface area (Å²) in [6, 6.07) is 16.3. The molecule has 1 amide bonds. The third kappa shape index (κ3) is 3.60. The third-order valence-corrected chi connectivity index (χ3v) is 5.52. The number of carboxylic acids is 1. The predicted molar refractivity (Wildman–Crippen MR) is 103 cm³/mol. The van der Waals surface area contributed by atoms with Gasteiger partial charge in [0.1, 0.15) is 6.61 Å². The molecule has 2 aromatic carbocycles. The summed E-state index contributed by atoms with van der Waals surface area (Å²) in [5.74, 6) is -0.999. The Kier molecular flexibility index (Phi) is 5.05. The Morgan fingerprint density at radius 1 is 1.11 bits per heavy atom. The maximum absolute atomic E-state index is 12.5. The molecule has 0 aromatic heterocycles. The number of fused-ring (bicyclic) bond motifs is 3. The number of benzene rings is 2. The Labute approximate surface area is 163 Å². The lowest BCUT2D eigenvalue weighted by Crippen LogP contribution is -2.55. The average molecular weight is 381 g/mol. The summed E-state index contributed by atoms with van der Waals surface area (Å²) >= 11 is 0. The summed E-state index contributed by atoms with van der Waals surface area (Å²) in [6.07, 6.45) is 0.478. The molecule has 1 aliphatic carbocycles. The molecule has 2 N–H and O–H groups in total. The molecule has 0 saturated carbocycles. The lowest BCUT2D eigenvalue weighted by molar-refractivity contribution is -0.140. The van der Waals surface area contributed by atoms with Gasteiger partial charge in [0.25, 0.3) is 0 Å². The van der Waals surface area contributed by atoms with Crippen molar-refractivity contribution in [3.05, 3.63) is 59.7 Å². The van der Waals surface area contributed by atoms with Gasteiger partial charge in [0.15, 0.2) is 0 Å². The molecule has 6 nitrogen and oxygen atoms in total. The Balaban J connectivity index is 1.47. The zero-order valence-corrected chi connectivity index (χ0v) is 15.5. The monoisotopic (exact) mass is 381 g/mol. The van der Waals surface area contributed by atoms with Crippen LogP contribution in [0, 0.1) is 0 Å². The summed E-state index contributed by atoms with van der Waals surface area (Å²) in [6.45, 7) is 0.959. The minimum atomic E-state index is -0.968. The van der Waals surface area contributed by atoms with Gasteiger partial charge in [0.2, 0.25) is 0 Å². The van der Waals surface area contributed by atoms with E-state index >= 15 is 0 Å². The van der Waals surface area contributed by atoms with Gasteiger partial charge in [-0.05, 0) is 35.1 Å². The van der Waals surface area contributed by atoms with E-state index in [4.69, 9.17) is 9.47 Å². The van der Waals surface area contributed by atoms with Crippen molar-refractivity contribution in [1.29, 1.82) is 0 Å². The smallest absolute Gasteiger partial charge is 0.407 e. The van der Waals surface area contributed by atoms with Crippen LogP contribution in [0.1, 0.15) is 36.3 Å². The average Bonchev–Trinajstić information content (AvgIpc) is 3.00. The van der Waals surface area contributed by atoms with Gasteiger partial charge in [-0.15, -0.1) is 0 Å². The van der Waals surface area contributed by atoms with Gasteiger partial charge < -0.3 is 19.9 Å². The molecule has 1 atom stereocenters. The number of amides is 1. The van der Waals surface area contributed by atoms with Crippen molar-refractivity contribution in [3.8, 4) is 11.1 Å². The first-order valence-electron chi connectivity index (χ1n) is 9.51. The van der Waals surface area contributed by atoms with Gasteiger partial charge in [-0.1, -0.05) is 48.5 Å². The summed E-state index contributed by atoms with van der Waals surface area (Å²) in [4.78, 5) is 23.7. The summed E-state index contributed by atoms with van der Waals surface area (Å²) in [5, 5.41) is 12.0. The van der Waals surface area contributed by atoms with Gasteiger partial charge in [-0.3, -0.25) is 4.79 Å². The van der Waals surface area contributed by atoms with Gasteiger partial charge in [0.05, 0.1) is 18.6 Å². The molecule has 0 spiro atoms. The summed E-state index contributed by atoms with van der Waals surface area (Å²) < 4.78 is 11.0. The number of aliphatic carboxylic acids is 1. The first-order valence-corrected chi connectivity index (χ1v) is 9.51. The maximum Gasteiger partial charge on any atom is 0.407 e. The normalized spacial score (nSPS) is 20.9. The van der Waals surface area contributed by atoms with Crippen LogP contribution >= 0.6 is 0 Å². The molecule has 4 rings (SSSR count). The van der Waals surface area contributed by atoms with E-state index in [0.29, 0.717) is 19.4 Å². The molecular weight excluding hydrogens is 358 g/mol. The molecule has 2 aromatic rings. The number of hydrogen-bond donors (Lipinski definition) is 2. The largest absolute Gasteiger partial charge is 0.481 e. The topological polar surface area (TPSA) is 84.9 Å². The van der Waals surface area contributed by atoms with E-state index in [9.17, 15) is 14.7 Å². The van der Waals surface area contributed by atoms with E-state index in [-0.39, 0.29) is 25.6 Å². The molecule has 0 radical (unpaired) electrons. The fourth-order valence-corrected chi connectivity index (χ4v) is 4.28. The highest BCUT2D eigenvalue weighted by atomic mass is 16.5. The molecule has 28 heavy (non-hydrogen) atoms. The van der Waals surface area contributed by atoms with Crippen molar-refractivity contribution in [2.75, 3.05) is 19.8 Å². The predicted octanol–water partition coefficient (Wildman–Crippen LogP) is 3.55. The fourth-order valence-electron chi connectivity index (χ4n) is 4.28. The van der Waals surface area contributed by atoms with E-state index in [2.05, 4.69) is 29.6 Å². The highest BCUT2D eigenvalue weighted by Crippen LogP contribution is 2.44. The van der Waals surface area contributed by atoms with Crippen molar-refractivity contribution in [3.63, 3.8) is 0 Å². The molecule has 146 valence electrons. The van der Waals surface area contributed by atoms with Crippen LogP contribution in [0.15, 0.2) is 48.5 Å². The molecule has 1 heterocycles. The number of carbonyl (C=O) groups excluding carboxylic acids is 1. The maximum atomic E-state index is 12.5. The van der Waals surface area contributed by atoms with Crippen LogP contribution in [0.4, 0.5) is 4.79 Å². The minimum absolute atomic E-state index is 0.0313. The standard InChI is InChI=1S/C22H23NO5/c24-20(25)12-22(10-5-11-27-14-22)23-21(26)28-13-19-17-8-3-1-6-15(17)16-7-2-4-9-18(16)19/h1-4,6-9,19H,5,10-14H2,(H,23,26)(H,24,25). The number of ether oxygens (including phenoxy) is 2. The molecule has 2 aliphatic rings. The third-order valence-electron chi connectivity index (χ3n) is 5.52. The van der Waals surface area contributed by atoms with Crippen LogP contribution < -0.4 is 5.32 Å². The van der Waals surface area contributed by atoms with Crippen LogP contribution in [0.3, 0.4) is 0 Å². The van der Waals surface area contributed by atoms with Crippen LogP contribution in [0.5, 0.6) is 0 Å². The van der Waals surface area contributed by atoms with E-state index in [1.165, 1.54) is 0 Å². The number of carboxylic acid groups (broad SMARTS) is 1.